The van der Waals surface area contributed by atoms with Gasteiger partial charge < -0.3 is 4.74 Å². The third-order valence-corrected chi connectivity index (χ3v) is 5.82. The van der Waals surface area contributed by atoms with Gasteiger partial charge in [0.2, 0.25) is 0 Å². The summed E-state index contributed by atoms with van der Waals surface area (Å²) in [6.07, 6.45) is 15.7. The van der Waals surface area contributed by atoms with E-state index in [0.29, 0.717) is 18.0 Å². The van der Waals surface area contributed by atoms with Gasteiger partial charge in [-0.1, -0.05) is 65.2 Å². The summed E-state index contributed by atoms with van der Waals surface area (Å²) in [5, 5.41) is 9.53. The van der Waals surface area contributed by atoms with Gasteiger partial charge in [0.1, 0.15) is 5.75 Å². The number of esters is 1. The van der Waals surface area contributed by atoms with Gasteiger partial charge in [0.15, 0.2) is 11.2 Å². The van der Waals surface area contributed by atoms with E-state index < -0.39 is 11.4 Å². The van der Waals surface area contributed by atoms with Crippen molar-refractivity contribution in [2.24, 2.45) is 5.41 Å². The Hall–Kier alpha value is -2.74. The minimum atomic E-state index is -1.12. The van der Waals surface area contributed by atoms with Crippen molar-refractivity contribution in [3.63, 3.8) is 0 Å². The first-order valence-corrected chi connectivity index (χ1v) is 12.1. The first kappa shape index (κ1) is 25.5. The van der Waals surface area contributed by atoms with Crippen LogP contribution in [0.3, 0.4) is 0 Å². The average molecular weight is 436 g/mol. The van der Waals surface area contributed by atoms with Gasteiger partial charge in [-0.05, 0) is 56.0 Å². The van der Waals surface area contributed by atoms with Crippen molar-refractivity contribution in [3.05, 3.63) is 42.2 Å². The van der Waals surface area contributed by atoms with Gasteiger partial charge in [-0.15, -0.1) is 0 Å². The fraction of sp³-hybridized carbons (Fsp3) is 0.556. The molecule has 1 heterocycles. The van der Waals surface area contributed by atoms with Gasteiger partial charge in [-0.3, -0.25) is 0 Å². The van der Waals surface area contributed by atoms with Crippen LogP contribution in [0.15, 0.2) is 36.7 Å². The second-order valence-electron chi connectivity index (χ2n) is 8.75. The van der Waals surface area contributed by atoms with Crippen molar-refractivity contribution in [1.82, 2.24) is 9.97 Å². The summed E-state index contributed by atoms with van der Waals surface area (Å²) in [4.78, 5) is 21.6. The lowest BCUT2D eigenvalue weighted by molar-refractivity contribution is -0.142. The molecule has 0 saturated carbocycles. The van der Waals surface area contributed by atoms with E-state index in [9.17, 15) is 10.1 Å². The maximum atomic E-state index is 12.6. The van der Waals surface area contributed by atoms with Gasteiger partial charge >= 0.3 is 5.97 Å². The van der Waals surface area contributed by atoms with Crippen molar-refractivity contribution < 1.29 is 9.53 Å². The number of hydrogen-bond donors (Lipinski definition) is 0. The molecule has 0 aliphatic carbocycles. The molecule has 2 rings (SSSR count). The normalized spacial score (nSPS) is 12.7. The van der Waals surface area contributed by atoms with E-state index >= 15 is 0 Å². The summed E-state index contributed by atoms with van der Waals surface area (Å²) in [6, 6.07) is 9.29. The number of aromatic nitrogens is 2. The predicted molar refractivity (Wildman–Crippen MR) is 128 cm³/mol. The van der Waals surface area contributed by atoms with Crippen LogP contribution in [-0.2, 0) is 11.2 Å². The second-order valence-corrected chi connectivity index (χ2v) is 8.75. The summed E-state index contributed by atoms with van der Waals surface area (Å²) >= 11 is 0. The maximum absolute atomic E-state index is 12.6. The number of nitriles is 1. The molecule has 0 bridgehead atoms. The van der Waals surface area contributed by atoms with Gasteiger partial charge in [0.05, 0.1) is 6.07 Å². The Morgan fingerprint density at radius 3 is 2.12 bits per heavy atom. The molecule has 0 spiro atoms. The SMILES string of the molecule is CCCCCCCc1cnc(-c2ccc(OC(=O)C(C)(C#N)CCCCCC)cc2)nc1. The van der Waals surface area contributed by atoms with Crippen LogP contribution < -0.4 is 4.74 Å². The number of nitrogens with zero attached hydrogens (tertiary/aromatic N) is 3. The zero-order valence-corrected chi connectivity index (χ0v) is 19.9. The Morgan fingerprint density at radius 2 is 1.53 bits per heavy atom. The lowest BCUT2D eigenvalue weighted by Crippen LogP contribution is -2.30. The lowest BCUT2D eigenvalue weighted by atomic mass is 9.86. The molecule has 5 nitrogen and oxygen atoms in total. The summed E-state index contributed by atoms with van der Waals surface area (Å²) in [6.45, 7) is 6.02. The van der Waals surface area contributed by atoms with Crippen molar-refractivity contribution in [2.45, 2.75) is 91.4 Å². The summed E-state index contributed by atoms with van der Waals surface area (Å²) in [5.41, 5.74) is 0.898. The molecular formula is C27H37N3O2. The minimum absolute atomic E-state index is 0.428. The van der Waals surface area contributed by atoms with Gasteiger partial charge in [-0.25, -0.2) is 14.8 Å². The van der Waals surface area contributed by atoms with Gasteiger partial charge in [0.25, 0.3) is 0 Å². The minimum Gasteiger partial charge on any atom is -0.425 e. The second kappa shape index (κ2) is 13.6. The number of aryl methyl sites for hydroxylation is 1. The molecule has 0 radical (unpaired) electrons. The van der Waals surface area contributed by atoms with E-state index in [2.05, 4.69) is 29.9 Å². The van der Waals surface area contributed by atoms with Crippen LogP contribution in [-0.4, -0.2) is 15.9 Å². The highest BCUT2D eigenvalue weighted by molar-refractivity contribution is 5.81. The van der Waals surface area contributed by atoms with E-state index in [-0.39, 0.29) is 0 Å². The Morgan fingerprint density at radius 1 is 0.938 bits per heavy atom. The summed E-state index contributed by atoms with van der Waals surface area (Å²) in [7, 11) is 0. The van der Waals surface area contributed by atoms with E-state index in [4.69, 9.17) is 4.74 Å². The molecule has 1 unspecified atom stereocenters. The molecule has 5 heteroatoms. The zero-order valence-electron chi connectivity index (χ0n) is 19.9. The van der Waals surface area contributed by atoms with Crippen LogP contribution in [0.5, 0.6) is 5.75 Å². The average Bonchev–Trinajstić information content (AvgIpc) is 2.82. The summed E-state index contributed by atoms with van der Waals surface area (Å²) in [5.74, 6) is 0.580. The first-order valence-electron chi connectivity index (χ1n) is 12.1. The number of ether oxygens (including phenoxy) is 1. The molecule has 0 aliphatic rings. The molecule has 0 saturated heterocycles. The topological polar surface area (TPSA) is 75.9 Å². The van der Waals surface area contributed by atoms with Crippen LogP contribution >= 0.6 is 0 Å². The number of carbonyl (C=O) groups is 1. The molecule has 0 aliphatic heterocycles. The molecular weight excluding hydrogens is 398 g/mol. The standard InChI is InChI=1S/C27H37N3O2/c1-4-6-8-10-11-13-22-19-29-25(30-20-22)23-14-16-24(17-15-23)32-26(31)27(3,21-28)18-12-9-7-5-2/h14-17,19-20H,4-13,18H2,1-3H3. The fourth-order valence-corrected chi connectivity index (χ4v) is 3.57. The van der Waals surface area contributed by atoms with Crippen LogP contribution in [0.25, 0.3) is 11.4 Å². The fourth-order valence-electron chi connectivity index (χ4n) is 3.57. The highest BCUT2D eigenvalue weighted by atomic mass is 16.5. The Labute approximate surface area is 193 Å². The third-order valence-electron chi connectivity index (χ3n) is 5.82. The summed E-state index contributed by atoms with van der Waals surface area (Å²) < 4.78 is 5.51. The van der Waals surface area contributed by atoms with E-state index in [1.165, 1.54) is 32.1 Å². The predicted octanol–water partition coefficient (Wildman–Crippen LogP) is 7.06. The molecule has 0 N–H and O–H groups in total. The van der Waals surface area contributed by atoms with E-state index in [1.807, 2.05) is 24.5 Å². The number of hydrogen-bond acceptors (Lipinski definition) is 5. The molecule has 0 fully saturated rings. The van der Waals surface area contributed by atoms with E-state index in [1.54, 1.807) is 19.1 Å². The largest absolute Gasteiger partial charge is 0.425 e. The highest BCUT2D eigenvalue weighted by Crippen LogP contribution is 2.28. The monoisotopic (exact) mass is 435 g/mol. The van der Waals surface area contributed by atoms with Crippen molar-refractivity contribution in [3.8, 4) is 23.2 Å². The Balaban J connectivity index is 1.90. The third kappa shape index (κ3) is 8.07. The quantitative estimate of drug-likeness (QED) is 0.180. The van der Waals surface area contributed by atoms with Crippen molar-refractivity contribution >= 4 is 5.97 Å². The zero-order chi connectivity index (χ0) is 23.2. The molecule has 0 amide bonds. The van der Waals surface area contributed by atoms with Crippen LogP contribution in [0.1, 0.15) is 90.5 Å². The number of benzene rings is 1. The van der Waals surface area contributed by atoms with Gasteiger partial charge in [0, 0.05) is 18.0 Å². The number of rotatable bonds is 14. The lowest BCUT2D eigenvalue weighted by Gasteiger charge is -2.19. The Kier molecular flexibility index (Phi) is 10.9. The highest BCUT2D eigenvalue weighted by Gasteiger charge is 2.35. The number of unbranched alkanes of at least 4 members (excludes halogenated alkanes) is 7. The van der Waals surface area contributed by atoms with Crippen LogP contribution in [0.2, 0.25) is 0 Å². The molecule has 172 valence electrons. The molecule has 2 aromatic rings. The first-order chi connectivity index (χ1) is 15.5. The van der Waals surface area contributed by atoms with Crippen LogP contribution in [0.4, 0.5) is 0 Å². The molecule has 32 heavy (non-hydrogen) atoms. The smallest absolute Gasteiger partial charge is 0.331 e. The maximum Gasteiger partial charge on any atom is 0.331 e. The molecule has 1 aromatic carbocycles. The van der Waals surface area contributed by atoms with E-state index in [0.717, 1.165) is 43.2 Å². The molecule has 1 aromatic heterocycles. The number of carbonyl (C=O) groups excluding carboxylic acids is 1. The van der Waals surface area contributed by atoms with Crippen LogP contribution in [0, 0.1) is 16.7 Å². The Bertz CT molecular complexity index is 856. The van der Waals surface area contributed by atoms with Gasteiger partial charge in [-0.2, -0.15) is 5.26 Å². The van der Waals surface area contributed by atoms with Crippen molar-refractivity contribution in [1.29, 1.82) is 5.26 Å². The molecule has 1 atom stereocenters. The van der Waals surface area contributed by atoms with Crippen molar-refractivity contribution in [2.75, 3.05) is 0 Å².